The molecule has 90 valence electrons. The molecule has 0 unspecified atom stereocenters. The van der Waals surface area contributed by atoms with Gasteiger partial charge in [0.2, 0.25) is 0 Å². The van der Waals surface area contributed by atoms with Crippen molar-refractivity contribution in [3.8, 4) is 0 Å². The lowest BCUT2D eigenvalue weighted by Gasteiger charge is -2.14. The lowest BCUT2D eigenvalue weighted by atomic mass is 10.3. The van der Waals surface area contributed by atoms with Crippen LogP contribution in [-0.4, -0.2) is 11.3 Å². The molecule has 16 heavy (non-hydrogen) atoms. The zero-order valence-corrected chi connectivity index (χ0v) is 10.2. The molecule has 0 heterocycles. The molecule has 0 amide bonds. The van der Waals surface area contributed by atoms with Gasteiger partial charge in [-0.3, -0.25) is 9.80 Å². The maximum atomic E-state index is 10.2. The molecule has 0 aromatic carbocycles. The van der Waals surface area contributed by atoms with Crippen LogP contribution in [0.1, 0.15) is 20.8 Å². The fraction of sp³-hybridized carbons (Fsp3) is 0.250. The lowest BCUT2D eigenvalue weighted by Crippen LogP contribution is -2.25. The number of nitrogens with two attached hydrogens (primary N) is 2. The predicted molar refractivity (Wildman–Crippen MR) is 68.8 cm³/mol. The predicted octanol–water partition coefficient (Wildman–Crippen LogP) is 1.83. The standard InChI is InChI=1S/C10H15N3O.C2H6/c1-3-5-6-10(4-2)13(12)7-9(11)8-14;1-2/h3-8H,1,11-12H2,2H3;1-2H3/b6-5-,9-7-,10-4+;. The Morgan fingerprint density at radius 1 is 1.38 bits per heavy atom. The Morgan fingerprint density at radius 2 is 1.94 bits per heavy atom. The van der Waals surface area contributed by atoms with Crippen molar-refractivity contribution in [1.29, 1.82) is 0 Å². The van der Waals surface area contributed by atoms with Crippen LogP contribution in [0.25, 0.3) is 0 Å². The summed E-state index contributed by atoms with van der Waals surface area (Å²) in [6.45, 7) is 9.36. The fourth-order valence-electron chi connectivity index (χ4n) is 0.764. The van der Waals surface area contributed by atoms with Gasteiger partial charge in [-0.15, -0.1) is 0 Å². The summed E-state index contributed by atoms with van der Waals surface area (Å²) in [5.41, 5.74) is 6.08. The third-order valence-electron chi connectivity index (χ3n) is 1.42. The minimum Gasteiger partial charge on any atom is -0.395 e. The molecular weight excluding hydrogens is 202 g/mol. The maximum absolute atomic E-state index is 10.2. The van der Waals surface area contributed by atoms with Gasteiger partial charge in [0.25, 0.3) is 0 Å². The number of carbonyl (C=O) groups is 1. The van der Waals surface area contributed by atoms with Crippen LogP contribution in [0.2, 0.25) is 0 Å². The highest BCUT2D eigenvalue weighted by Gasteiger charge is 1.97. The van der Waals surface area contributed by atoms with Crippen molar-refractivity contribution in [2.45, 2.75) is 20.8 Å². The molecule has 0 aliphatic heterocycles. The van der Waals surface area contributed by atoms with Gasteiger partial charge >= 0.3 is 0 Å². The molecular formula is C12H21N3O. The van der Waals surface area contributed by atoms with Gasteiger partial charge in [0.05, 0.1) is 11.4 Å². The van der Waals surface area contributed by atoms with Gasteiger partial charge in [-0.2, -0.15) is 0 Å². The Morgan fingerprint density at radius 3 is 2.31 bits per heavy atom. The number of rotatable bonds is 5. The van der Waals surface area contributed by atoms with E-state index in [0.717, 1.165) is 5.70 Å². The average Bonchev–Trinajstić information content (AvgIpc) is 2.32. The molecule has 0 bridgehead atoms. The number of nitrogens with zero attached hydrogens (tertiary/aromatic N) is 1. The number of hydrogen-bond donors (Lipinski definition) is 2. The quantitative estimate of drug-likeness (QED) is 0.245. The first-order valence-corrected chi connectivity index (χ1v) is 5.07. The van der Waals surface area contributed by atoms with E-state index in [-0.39, 0.29) is 5.70 Å². The molecule has 0 aromatic heterocycles. The van der Waals surface area contributed by atoms with E-state index < -0.39 is 0 Å². The first-order chi connectivity index (χ1) is 7.65. The summed E-state index contributed by atoms with van der Waals surface area (Å²) in [4.78, 5) is 10.2. The smallest absolute Gasteiger partial charge is 0.167 e. The van der Waals surface area contributed by atoms with Crippen molar-refractivity contribution in [2.75, 3.05) is 0 Å². The van der Waals surface area contributed by atoms with Crippen molar-refractivity contribution in [1.82, 2.24) is 5.01 Å². The van der Waals surface area contributed by atoms with Gasteiger partial charge in [-0.25, -0.2) is 5.84 Å². The molecule has 0 aliphatic rings. The Bertz CT molecular complexity index is 291. The summed E-state index contributed by atoms with van der Waals surface area (Å²) >= 11 is 0. The van der Waals surface area contributed by atoms with E-state index in [1.807, 2.05) is 20.8 Å². The molecule has 4 nitrogen and oxygen atoms in total. The second kappa shape index (κ2) is 11.3. The summed E-state index contributed by atoms with van der Waals surface area (Å²) < 4.78 is 0. The molecule has 0 spiro atoms. The Kier molecular flexibility index (Phi) is 11.7. The zero-order valence-electron chi connectivity index (χ0n) is 10.2. The molecule has 0 rings (SSSR count). The number of aldehydes is 1. The Hall–Kier alpha value is -1.81. The number of hydrazine groups is 1. The average molecular weight is 223 g/mol. The summed E-state index contributed by atoms with van der Waals surface area (Å²) in [5.74, 6) is 5.61. The zero-order chi connectivity index (χ0) is 13.0. The van der Waals surface area contributed by atoms with E-state index in [1.54, 1.807) is 24.3 Å². The van der Waals surface area contributed by atoms with Gasteiger partial charge in [0, 0.05) is 6.20 Å². The molecule has 0 aromatic rings. The summed E-state index contributed by atoms with van der Waals surface area (Å²) in [7, 11) is 0. The van der Waals surface area contributed by atoms with Crippen molar-refractivity contribution >= 4 is 6.29 Å². The minimum atomic E-state index is 0.0684. The maximum Gasteiger partial charge on any atom is 0.167 e. The first kappa shape index (κ1) is 16.6. The monoisotopic (exact) mass is 223 g/mol. The van der Waals surface area contributed by atoms with E-state index in [1.165, 1.54) is 11.2 Å². The van der Waals surface area contributed by atoms with E-state index in [2.05, 4.69) is 6.58 Å². The second-order valence-electron chi connectivity index (χ2n) is 2.46. The van der Waals surface area contributed by atoms with Crippen LogP contribution in [0.5, 0.6) is 0 Å². The number of allylic oxidation sites excluding steroid dienone is 5. The van der Waals surface area contributed by atoms with Crippen LogP contribution in [0.15, 0.2) is 48.5 Å². The topological polar surface area (TPSA) is 72.3 Å². The Balaban J connectivity index is 0. The molecule has 0 saturated heterocycles. The van der Waals surface area contributed by atoms with Gasteiger partial charge in [0.1, 0.15) is 0 Å². The number of hydrogen-bond acceptors (Lipinski definition) is 4. The van der Waals surface area contributed by atoms with Crippen molar-refractivity contribution in [3.05, 3.63) is 48.5 Å². The SMILES string of the molecule is C=C/C=C\C(=C/C)N(N)/C=C(\N)C=O.CC. The van der Waals surface area contributed by atoms with Crippen molar-refractivity contribution in [2.24, 2.45) is 11.6 Å². The highest BCUT2D eigenvalue weighted by Crippen LogP contribution is 2.02. The molecule has 4 N–H and O–H groups in total. The summed E-state index contributed by atoms with van der Waals surface area (Å²) in [6, 6.07) is 0. The van der Waals surface area contributed by atoms with E-state index in [4.69, 9.17) is 11.6 Å². The Labute approximate surface area is 97.6 Å². The third kappa shape index (κ3) is 7.58. The molecule has 0 atom stereocenters. The van der Waals surface area contributed by atoms with Crippen LogP contribution in [0.4, 0.5) is 0 Å². The molecule has 0 fully saturated rings. The summed E-state index contributed by atoms with van der Waals surface area (Å²) in [6.07, 6.45) is 8.78. The normalized spacial score (nSPS) is 11.8. The number of carbonyl (C=O) groups excluding carboxylic acids is 1. The molecule has 0 radical (unpaired) electrons. The van der Waals surface area contributed by atoms with Crippen LogP contribution in [0, 0.1) is 0 Å². The van der Waals surface area contributed by atoms with Gasteiger partial charge in [-0.05, 0) is 13.0 Å². The van der Waals surface area contributed by atoms with E-state index in [9.17, 15) is 4.79 Å². The molecule has 4 heteroatoms. The van der Waals surface area contributed by atoms with Crippen molar-refractivity contribution in [3.63, 3.8) is 0 Å². The van der Waals surface area contributed by atoms with Crippen LogP contribution in [0.3, 0.4) is 0 Å². The van der Waals surface area contributed by atoms with Gasteiger partial charge in [-0.1, -0.05) is 38.7 Å². The van der Waals surface area contributed by atoms with Gasteiger partial charge < -0.3 is 5.73 Å². The highest BCUT2D eigenvalue weighted by atomic mass is 16.1. The van der Waals surface area contributed by atoms with Crippen LogP contribution >= 0.6 is 0 Å². The highest BCUT2D eigenvalue weighted by molar-refractivity contribution is 5.71. The van der Waals surface area contributed by atoms with E-state index in [0.29, 0.717) is 6.29 Å². The van der Waals surface area contributed by atoms with Crippen LogP contribution < -0.4 is 11.6 Å². The fourth-order valence-corrected chi connectivity index (χ4v) is 0.764. The van der Waals surface area contributed by atoms with Crippen molar-refractivity contribution < 1.29 is 4.79 Å². The lowest BCUT2D eigenvalue weighted by molar-refractivity contribution is -0.105. The second-order valence-corrected chi connectivity index (χ2v) is 2.46. The molecule has 0 saturated carbocycles. The van der Waals surface area contributed by atoms with E-state index >= 15 is 0 Å². The third-order valence-corrected chi connectivity index (χ3v) is 1.42. The minimum absolute atomic E-state index is 0.0684. The largest absolute Gasteiger partial charge is 0.395 e. The van der Waals surface area contributed by atoms with Gasteiger partial charge in [0.15, 0.2) is 6.29 Å². The van der Waals surface area contributed by atoms with Crippen LogP contribution in [-0.2, 0) is 4.79 Å². The first-order valence-electron chi connectivity index (χ1n) is 5.07. The summed E-state index contributed by atoms with van der Waals surface area (Å²) in [5, 5.41) is 1.27. The molecule has 0 aliphatic carbocycles.